The smallest absolute Gasteiger partial charge is 0.342 e. The number of hydrogen-bond acceptors (Lipinski definition) is 8. The van der Waals surface area contributed by atoms with Gasteiger partial charge in [0.1, 0.15) is 17.6 Å². The number of carbonyl (C=O) groups excluding carboxylic acids is 4. The van der Waals surface area contributed by atoms with E-state index in [9.17, 15) is 34.2 Å². The molecule has 41 heavy (non-hydrogen) atoms. The Balaban J connectivity index is 0.00000462. The second-order valence-electron chi connectivity index (χ2n) is 11.2. The van der Waals surface area contributed by atoms with Gasteiger partial charge in [0.15, 0.2) is 5.78 Å². The highest BCUT2D eigenvalue weighted by Gasteiger charge is 2.65. The van der Waals surface area contributed by atoms with Gasteiger partial charge in [-0.15, -0.1) is 0 Å². The monoisotopic (exact) mass is 572 g/mol. The summed E-state index contributed by atoms with van der Waals surface area (Å²) in [5.74, 6) is -5.57. The lowest BCUT2D eigenvalue weighted by Gasteiger charge is -2.41. The molecule has 0 aromatic heterocycles. The Labute approximate surface area is 239 Å². The predicted molar refractivity (Wildman–Crippen MR) is 147 cm³/mol. The molecule has 6 unspecified atom stereocenters. The number of cyclic esters (lactones) is 2. The van der Waals surface area contributed by atoms with Crippen molar-refractivity contribution in [2.45, 2.75) is 90.3 Å². The summed E-state index contributed by atoms with van der Waals surface area (Å²) in [4.78, 5) is 64.0. The molecule has 2 aliphatic heterocycles. The van der Waals surface area contributed by atoms with Crippen LogP contribution in [-0.4, -0.2) is 57.6 Å². The minimum Gasteiger partial charge on any atom is -0.481 e. The number of allylic oxidation sites excluding steroid dienone is 5. The van der Waals surface area contributed by atoms with Crippen molar-refractivity contribution in [2.75, 3.05) is 0 Å². The summed E-state index contributed by atoms with van der Waals surface area (Å²) in [7, 11) is 0. The lowest BCUT2D eigenvalue weighted by atomic mass is 9.62. The molecule has 0 aromatic rings. The highest BCUT2D eigenvalue weighted by atomic mass is 16.6. The van der Waals surface area contributed by atoms with Crippen molar-refractivity contribution in [3.8, 4) is 0 Å². The number of ether oxygens (including phenoxy) is 2. The average Bonchev–Trinajstić information content (AvgIpc) is 3.28. The fourth-order valence-electron chi connectivity index (χ4n) is 6.88. The van der Waals surface area contributed by atoms with E-state index in [2.05, 4.69) is 6.08 Å². The third-order valence-corrected chi connectivity index (χ3v) is 8.76. The lowest BCUT2D eigenvalue weighted by molar-refractivity contribution is -0.155. The average molecular weight is 573 g/mol. The molecule has 0 spiro atoms. The molecular weight excluding hydrogens is 532 g/mol. The summed E-state index contributed by atoms with van der Waals surface area (Å²) in [6.45, 7) is 3.82. The van der Waals surface area contributed by atoms with Crippen molar-refractivity contribution in [1.82, 2.24) is 0 Å². The van der Waals surface area contributed by atoms with E-state index in [4.69, 9.17) is 9.47 Å². The van der Waals surface area contributed by atoms with E-state index in [1.54, 1.807) is 0 Å². The summed E-state index contributed by atoms with van der Waals surface area (Å²) in [6, 6.07) is 0. The first-order valence-electron chi connectivity index (χ1n) is 14.2. The van der Waals surface area contributed by atoms with Crippen molar-refractivity contribution in [1.29, 1.82) is 0 Å². The van der Waals surface area contributed by atoms with Crippen LogP contribution in [0.25, 0.3) is 0 Å². The Bertz CT molecular complexity index is 1190. The van der Waals surface area contributed by atoms with E-state index >= 15 is 0 Å². The maximum atomic E-state index is 13.3. The maximum Gasteiger partial charge on any atom is 0.342 e. The first kappa shape index (κ1) is 32.1. The Kier molecular flexibility index (Phi) is 10.6. The second kappa shape index (κ2) is 13.5. The summed E-state index contributed by atoms with van der Waals surface area (Å²) in [5.41, 5.74) is -1.01. The molecule has 0 aromatic carbocycles. The number of aliphatic carboxylic acids is 1. The van der Waals surface area contributed by atoms with Gasteiger partial charge in [0.2, 0.25) is 0 Å². The number of hydrogen-bond donors (Lipinski definition) is 2. The van der Waals surface area contributed by atoms with Crippen LogP contribution < -0.4 is 0 Å². The molecule has 0 amide bonds. The molecule has 4 bridgehead atoms. The number of fused-ring (bicyclic) bond motifs is 1. The minimum atomic E-state index is -1.61. The van der Waals surface area contributed by atoms with Gasteiger partial charge in [0.05, 0.1) is 17.6 Å². The van der Waals surface area contributed by atoms with Gasteiger partial charge in [-0.2, -0.15) is 0 Å². The van der Waals surface area contributed by atoms with E-state index in [0.717, 1.165) is 25.7 Å². The molecule has 10 heteroatoms. The highest BCUT2D eigenvalue weighted by molar-refractivity contribution is 6.14. The molecule has 4 aliphatic rings. The van der Waals surface area contributed by atoms with Crippen molar-refractivity contribution < 1.29 is 49.1 Å². The van der Waals surface area contributed by atoms with Crippen LogP contribution in [-0.2, 0) is 33.4 Å². The molecule has 4 N–H and O–H groups in total. The number of aliphatic hydroxyl groups is 1. The zero-order valence-corrected chi connectivity index (χ0v) is 23.6. The molecule has 2 aliphatic carbocycles. The first-order chi connectivity index (χ1) is 19.1. The number of carboxylic acid groups (broad SMARTS) is 1. The molecule has 0 saturated carbocycles. The normalized spacial score (nSPS) is 29.1. The number of rotatable bonds is 14. The molecule has 0 radical (unpaired) electrons. The van der Waals surface area contributed by atoms with Crippen LogP contribution in [0.5, 0.6) is 0 Å². The SMILES string of the molecule is C/C=C/CCCCCC1C=C2C3OC(=O)C2(CC(=O)O)CC2=C(C(=O)OC2=O)C3C1CC(O)C(=O)CC/C=C/C.O. The van der Waals surface area contributed by atoms with Gasteiger partial charge in [0, 0.05) is 18.8 Å². The van der Waals surface area contributed by atoms with Crippen molar-refractivity contribution in [3.05, 3.63) is 47.1 Å². The highest BCUT2D eigenvalue weighted by Crippen LogP contribution is 2.60. The van der Waals surface area contributed by atoms with Crippen LogP contribution in [0.2, 0.25) is 0 Å². The van der Waals surface area contributed by atoms with Gasteiger partial charge in [-0.1, -0.05) is 43.2 Å². The molecule has 4 rings (SSSR count). The predicted octanol–water partition coefficient (Wildman–Crippen LogP) is 3.32. The van der Waals surface area contributed by atoms with Gasteiger partial charge in [0.25, 0.3) is 0 Å². The van der Waals surface area contributed by atoms with E-state index < -0.39 is 59.8 Å². The quantitative estimate of drug-likeness (QED) is 0.137. The molecule has 1 fully saturated rings. The van der Waals surface area contributed by atoms with E-state index in [1.807, 2.05) is 38.2 Å². The van der Waals surface area contributed by atoms with Crippen LogP contribution in [0, 0.1) is 23.2 Å². The third kappa shape index (κ3) is 6.28. The van der Waals surface area contributed by atoms with Crippen LogP contribution >= 0.6 is 0 Å². The first-order valence-corrected chi connectivity index (χ1v) is 14.2. The molecule has 6 atom stereocenters. The molecule has 10 nitrogen and oxygen atoms in total. The molecular formula is C31H40O10. The van der Waals surface area contributed by atoms with E-state index in [-0.39, 0.29) is 47.6 Å². The fourth-order valence-corrected chi connectivity index (χ4v) is 6.88. The summed E-state index contributed by atoms with van der Waals surface area (Å²) >= 11 is 0. The number of esters is 3. The van der Waals surface area contributed by atoms with Gasteiger partial charge in [-0.3, -0.25) is 14.4 Å². The number of carboxylic acids is 1. The topological polar surface area (TPSA) is 176 Å². The number of carbonyl (C=O) groups is 5. The largest absolute Gasteiger partial charge is 0.481 e. The molecule has 224 valence electrons. The number of aliphatic hydroxyl groups excluding tert-OH is 1. The van der Waals surface area contributed by atoms with Crippen LogP contribution in [0.4, 0.5) is 0 Å². The zero-order valence-electron chi connectivity index (χ0n) is 23.6. The molecule has 1 saturated heterocycles. The standard InChI is InChI=1S/C31H38O9.H2O/c1-3-5-7-8-9-11-12-18-14-21-27-25(19(18)15-23(33)22(32)13-10-6-4-2)26-20(28(36)40-29(26)37)16-31(21,17-24(34)35)30(38)39-27;/h3-6,14,18-19,23,25,27,33H,7-13,15-17H2,1-2H3,(H,34,35);1H2/b5-3+,6-4+;. The number of Topliss-reactive ketones (excluding diaryl/α,β-unsaturated/α-hetero) is 1. The minimum absolute atomic E-state index is 0. The van der Waals surface area contributed by atoms with E-state index in [1.165, 1.54) is 0 Å². The van der Waals surface area contributed by atoms with Gasteiger partial charge >= 0.3 is 23.9 Å². The van der Waals surface area contributed by atoms with Crippen LogP contribution in [0.1, 0.15) is 78.1 Å². The van der Waals surface area contributed by atoms with Crippen LogP contribution in [0.3, 0.4) is 0 Å². The van der Waals surface area contributed by atoms with Crippen molar-refractivity contribution in [3.63, 3.8) is 0 Å². The van der Waals surface area contributed by atoms with Gasteiger partial charge in [-0.25, -0.2) is 9.59 Å². The van der Waals surface area contributed by atoms with Gasteiger partial charge in [-0.05, 0) is 63.4 Å². The number of ketones is 1. The Morgan fingerprint density at radius 2 is 1.78 bits per heavy atom. The fraction of sp³-hybridized carbons (Fsp3) is 0.581. The Morgan fingerprint density at radius 3 is 2.46 bits per heavy atom. The summed E-state index contributed by atoms with van der Waals surface area (Å²) in [5, 5.41) is 20.7. The second-order valence-corrected chi connectivity index (χ2v) is 11.2. The lowest BCUT2D eigenvalue weighted by Crippen LogP contribution is -2.42. The van der Waals surface area contributed by atoms with Crippen molar-refractivity contribution >= 4 is 29.7 Å². The molecule has 2 heterocycles. The zero-order chi connectivity index (χ0) is 29.0. The Morgan fingerprint density at radius 1 is 1.07 bits per heavy atom. The summed E-state index contributed by atoms with van der Waals surface area (Å²) < 4.78 is 10.8. The van der Waals surface area contributed by atoms with Crippen molar-refractivity contribution in [2.24, 2.45) is 23.2 Å². The number of unbranched alkanes of at least 4 members (excludes halogenated alkanes) is 3. The Hall–Kier alpha value is -3.37. The third-order valence-electron chi connectivity index (χ3n) is 8.76. The van der Waals surface area contributed by atoms with E-state index in [0.29, 0.717) is 18.4 Å². The maximum absolute atomic E-state index is 13.3. The van der Waals surface area contributed by atoms with Crippen LogP contribution in [0.15, 0.2) is 47.1 Å². The van der Waals surface area contributed by atoms with Gasteiger partial charge < -0.3 is 25.2 Å². The summed E-state index contributed by atoms with van der Waals surface area (Å²) in [6.07, 6.45) is 11.6.